The Kier molecular flexibility index (Phi) is 15.5. The number of allylic oxidation sites excluding steroid dienone is 7. The number of nitrogens with zero attached hydrogens (tertiary/aromatic N) is 2. The molecule has 16 aromatic rings. The lowest BCUT2D eigenvalue weighted by Crippen LogP contribution is -2.62. The van der Waals surface area contributed by atoms with E-state index >= 15 is 0 Å². The molecule has 0 fully saturated rings. The lowest BCUT2D eigenvalue weighted by atomic mass is 9.33. The molecule has 4 aliphatic heterocycles. The molecule has 530 valence electrons. The number of anilines is 6. The summed E-state index contributed by atoms with van der Waals surface area (Å²) in [6.07, 6.45) is 14.6. The van der Waals surface area contributed by atoms with Crippen LogP contribution in [0.2, 0.25) is 0 Å². The van der Waals surface area contributed by atoms with Crippen molar-refractivity contribution in [3.05, 3.63) is 372 Å². The summed E-state index contributed by atoms with van der Waals surface area (Å²) in [6, 6.07) is 115. The van der Waals surface area contributed by atoms with Crippen molar-refractivity contribution in [3.63, 3.8) is 0 Å². The van der Waals surface area contributed by atoms with E-state index < -0.39 is 0 Å². The highest BCUT2D eigenvalue weighted by Gasteiger charge is 2.49. The first-order valence-electron chi connectivity index (χ1n) is 39.0. The van der Waals surface area contributed by atoms with Crippen LogP contribution in [0.4, 0.5) is 34.1 Å². The van der Waals surface area contributed by atoms with E-state index in [4.69, 9.17) is 0 Å². The van der Waals surface area contributed by atoms with Gasteiger partial charge in [-0.05, 0) is 171 Å². The van der Waals surface area contributed by atoms with Gasteiger partial charge in [-0.2, -0.15) is 0 Å². The molecule has 2 aliphatic carbocycles. The maximum absolute atomic E-state index is 2.86. The summed E-state index contributed by atoms with van der Waals surface area (Å²) < 4.78 is 5.12. The van der Waals surface area contributed by atoms with Crippen LogP contribution in [0.5, 0.6) is 0 Å². The van der Waals surface area contributed by atoms with Gasteiger partial charge >= 0.3 is 0 Å². The van der Waals surface area contributed by atoms with Crippen molar-refractivity contribution in [1.82, 2.24) is 0 Å². The van der Waals surface area contributed by atoms with Crippen molar-refractivity contribution in [3.8, 4) is 55.6 Å². The topological polar surface area (TPSA) is 6.48 Å². The van der Waals surface area contributed by atoms with Gasteiger partial charge in [0.2, 0.25) is 0 Å². The Hall–Kier alpha value is -11.2. The van der Waals surface area contributed by atoms with Gasteiger partial charge in [0.1, 0.15) is 0 Å². The molecular formula is C104H77BN2S4. The van der Waals surface area contributed by atoms with Gasteiger partial charge in [-0.25, -0.2) is 0 Å². The molecule has 0 saturated heterocycles. The molecule has 6 heterocycles. The maximum atomic E-state index is 2.86. The summed E-state index contributed by atoms with van der Waals surface area (Å²) in [5, 5.41) is 5.33. The molecule has 0 amide bonds. The maximum Gasteiger partial charge on any atom is 0.252 e. The third-order valence-corrected chi connectivity index (χ3v) is 29.1. The van der Waals surface area contributed by atoms with Crippen LogP contribution in [0.15, 0.2) is 348 Å². The van der Waals surface area contributed by atoms with Gasteiger partial charge in [0, 0.05) is 113 Å². The molecule has 4 atom stereocenters. The van der Waals surface area contributed by atoms with Crippen molar-refractivity contribution in [2.75, 3.05) is 9.80 Å². The SMILES string of the molecule is CC(C)(C)c1cc2c(cc1-c1ccccc1)N(c1c(-c3cccc4sc5ccccc5c34)cccc1-c1cccc3sc4ccccc4c13)c1cc(-c3ccccc3)cc3c1B2c1cc(C(C)(C)C)c(-c2ccccc2)cc1N3c1c(C2=CC=CC3Sc4ccccc4C23)cccc1C1C=CC=C2Sc3ccccc3C21. The zero-order chi connectivity index (χ0) is 74.1. The van der Waals surface area contributed by atoms with Gasteiger partial charge in [-0.15, -0.1) is 34.4 Å². The predicted molar refractivity (Wildman–Crippen MR) is 482 cm³/mol. The first kappa shape index (κ1) is 66.8. The van der Waals surface area contributed by atoms with Crippen LogP contribution in [-0.2, 0) is 10.8 Å². The van der Waals surface area contributed by atoms with Crippen molar-refractivity contribution in [1.29, 1.82) is 0 Å². The van der Waals surface area contributed by atoms with Crippen molar-refractivity contribution >= 4 is 149 Å². The number of para-hydroxylation sites is 2. The van der Waals surface area contributed by atoms with Crippen LogP contribution < -0.4 is 26.2 Å². The quantitative estimate of drug-likeness (QED) is 0.133. The van der Waals surface area contributed by atoms with Gasteiger partial charge < -0.3 is 9.80 Å². The number of benzene rings is 14. The van der Waals surface area contributed by atoms with E-state index in [2.05, 4.69) is 385 Å². The van der Waals surface area contributed by atoms with Gasteiger partial charge in [0.05, 0.1) is 11.4 Å². The molecule has 0 spiro atoms. The van der Waals surface area contributed by atoms with E-state index in [1.807, 2.05) is 46.2 Å². The van der Waals surface area contributed by atoms with Crippen LogP contribution in [-0.4, -0.2) is 12.0 Å². The molecule has 0 bridgehead atoms. The van der Waals surface area contributed by atoms with E-state index in [9.17, 15) is 0 Å². The largest absolute Gasteiger partial charge is 0.310 e. The molecule has 7 heteroatoms. The average Bonchev–Trinajstić information content (AvgIpc) is 1.42. The van der Waals surface area contributed by atoms with Crippen molar-refractivity contribution in [2.24, 2.45) is 0 Å². The minimum Gasteiger partial charge on any atom is -0.310 e. The van der Waals surface area contributed by atoms with Crippen LogP contribution in [0.3, 0.4) is 0 Å². The number of hydrogen-bond acceptors (Lipinski definition) is 6. The summed E-state index contributed by atoms with van der Waals surface area (Å²) in [6.45, 7) is 14.3. The molecule has 111 heavy (non-hydrogen) atoms. The highest BCUT2D eigenvalue weighted by Crippen LogP contribution is 2.63. The van der Waals surface area contributed by atoms with Gasteiger partial charge in [0.15, 0.2) is 0 Å². The highest BCUT2D eigenvalue weighted by atomic mass is 32.2. The fourth-order valence-electron chi connectivity index (χ4n) is 19.6. The van der Waals surface area contributed by atoms with Crippen LogP contribution in [0.25, 0.3) is 102 Å². The Bertz CT molecular complexity index is 6590. The van der Waals surface area contributed by atoms with Crippen molar-refractivity contribution < 1.29 is 0 Å². The fraction of sp³-hybridized carbons (Fsp3) is 0.115. The molecule has 0 radical (unpaired) electrons. The summed E-state index contributed by atoms with van der Waals surface area (Å²) >= 11 is 7.76. The number of fused-ring (bicyclic) bond motifs is 16. The molecule has 14 aromatic carbocycles. The first-order valence-corrected chi connectivity index (χ1v) is 42.4. The Morgan fingerprint density at radius 3 is 1.39 bits per heavy atom. The first-order chi connectivity index (χ1) is 54.4. The Morgan fingerprint density at radius 1 is 0.342 bits per heavy atom. The smallest absolute Gasteiger partial charge is 0.252 e. The van der Waals surface area contributed by atoms with E-state index in [1.165, 1.54) is 178 Å². The Balaban J connectivity index is 0.942. The second-order valence-corrected chi connectivity index (χ2v) is 37.2. The molecule has 2 nitrogen and oxygen atoms in total. The van der Waals surface area contributed by atoms with Crippen LogP contribution in [0.1, 0.15) is 92.7 Å². The standard InChI is InChI=1S/C104H77BN2S4/c1-103(2,3)80-60-82-84(58-78(80)63-32-12-8-13-33-63)106(101-70(66-40-26-52-92-96(66)74-36-16-20-48-88(74)108-92)44-24-45-71(101)67-41-27-53-93-97(67)75-37-17-21-49-89(75)109-93)86-56-65(62-30-10-7-11-31-62)57-87-100(86)105(82)83-61-81(104(4,5)6)79(64-34-14-9-15-35-64)59-85(83)107(87)102-72(68-42-28-54-94-98(68)76-38-18-22-50-90(76)110-94)46-25-47-73(102)69-43-29-55-95-99(69)77-39-19-23-51-91(77)111-95/h7-61,66,93,96-97H,1-6H3. The fourth-order valence-corrected chi connectivity index (χ4v) is 24.5. The monoisotopic (exact) mass is 1490 g/mol. The Morgan fingerprint density at radius 2 is 0.802 bits per heavy atom. The van der Waals surface area contributed by atoms with E-state index in [1.54, 1.807) is 0 Å². The molecule has 22 rings (SSSR count). The van der Waals surface area contributed by atoms with Crippen LogP contribution in [0, 0.1) is 0 Å². The summed E-state index contributed by atoms with van der Waals surface area (Å²) in [5.74, 6) is 0.182. The molecule has 0 N–H and O–H groups in total. The third-order valence-electron chi connectivity index (χ3n) is 24.3. The van der Waals surface area contributed by atoms with Gasteiger partial charge in [-0.3, -0.25) is 0 Å². The Labute approximate surface area is 666 Å². The van der Waals surface area contributed by atoms with E-state index in [0.29, 0.717) is 0 Å². The number of hydrogen-bond donors (Lipinski definition) is 0. The molecular weight excluding hydrogens is 1420 g/mol. The van der Waals surface area contributed by atoms with E-state index in [-0.39, 0.29) is 40.5 Å². The predicted octanol–water partition coefficient (Wildman–Crippen LogP) is 28.1. The van der Waals surface area contributed by atoms with Gasteiger partial charge in [0.25, 0.3) is 6.71 Å². The van der Waals surface area contributed by atoms with Gasteiger partial charge in [-0.1, -0.05) is 326 Å². The second-order valence-electron chi connectivity index (χ2n) is 32.7. The lowest BCUT2D eigenvalue weighted by Gasteiger charge is -2.47. The number of thiophene rings is 2. The number of thioether (sulfide) groups is 2. The summed E-state index contributed by atoms with van der Waals surface area (Å²) in [7, 11) is 0. The normalized spacial score (nSPS) is 17.2. The third kappa shape index (κ3) is 10.5. The van der Waals surface area contributed by atoms with Crippen LogP contribution >= 0.6 is 46.2 Å². The molecule has 4 unspecified atom stereocenters. The molecule has 2 aromatic heterocycles. The second kappa shape index (κ2) is 25.7. The molecule has 0 saturated carbocycles. The minimum absolute atomic E-state index is 0.0298. The zero-order valence-electron chi connectivity index (χ0n) is 62.7. The minimum atomic E-state index is -0.292. The van der Waals surface area contributed by atoms with E-state index in [0.717, 1.165) is 22.5 Å². The number of rotatable bonds is 9. The van der Waals surface area contributed by atoms with Crippen molar-refractivity contribution in [2.45, 2.75) is 85.2 Å². The average molecular weight is 1490 g/mol. The lowest BCUT2D eigenvalue weighted by molar-refractivity contribution is 0.592. The molecule has 6 aliphatic rings. The summed E-state index contributed by atoms with van der Waals surface area (Å²) in [5.41, 5.74) is 31.7. The zero-order valence-corrected chi connectivity index (χ0v) is 65.9. The highest BCUT2D eigenvalue weighted by molar-refractivity contribution is 8.03. The summed E-state index contributed by atoms with van der Waals surface area (Å²) in [4.78, 5) is 9.78.